The van der Waals surface area contributed by atoms with Crippen LogP contribution in [0.25, 0.3) is 0 Å². The first-order chi connectivity index (χ1) is 21.8. The molecule has 2 atom stereocenters. The number of thiazole rings is 1. The number of aryl methyl sites for hydroxylation is 1. The summed E-state index contributed by atoms with van der Waals surface area (Å²) in [6, 6.07) is 8.35. The monoisotopic (exact) mass is 630 g/mol. The third-order valence-electron chi connectivity index (χ3n) is 7.21. The average Bonchev–Trinajstić information content (AvgIpc) is 3.73. The van der Waals surface area contributed by atoms with Gasteiger partial charge in [0.25, 0.3) is 11.8 Å². The van der Waals surface area contributed by atoms with Gasteiger partial charge in [0.15, 0.2) is 5.69 Å². The molecule has 0 radical (unpaired) electrons. The number of nitrogens with one attached hydrogen (secondary N) is 3. The van der Waals surface area contributed by atoms with Crippen LogP contribution in [0.3, 0.4) is 0 Å². The van der Waals surface area contributed by atoms with Crippen LogP contribution < -0.4 is 16.0 Å². The Balaban J connectivity index is 1.41. The van der Waals surface area contributed by atoms with Crippen molar-refractivity contribution in [2.75, 3.05) is 19.6 Å². The number of rotatable bonds is 6. The lowest BCUT2D eigenvalue weighted by Gasteiger charge is -2.25. The normalized spacial score (nSPS) is 18.0. The van der Waals surface area contributed by atoms with E-state index in [0.29, 0.717) is 23.5 Å². The Morgan fingerprint density at radius 3 is 2.64 bits per heavy atom. The first-order valence-corrected chi connectivity index (χ1v) is 15.5. The molecule has 234 valence electrons. The Bertz CT molecular complexity index is 1620. The van der Waals surface area contributed by atoms with E-state index in [0.717, 1.165) is 5.56 Å². The molecule has 4 aromatic rings. The Morgan fingerprint density at radius 2 is 1.89 bits per heavy atom. The minimum Gasteiger partial charge on any atom is -0.446 e. The Morgan fingerprint density at radius 1 is 1.07 bits per heavy atom. The second-order valence-electron chi connectivity index (χ2n) is 10.9. The van der Waals surface area contributed by atoms with Gasteiger partial charge in [-0.15, -0.1) is 11.3 Å². The summed E-state index contributed by atoms with van der Waals surface area (Å²) in [4.78, 5) is 71.5. The van der Waals surface area contributed by atoms with Crippen LogP contribution in [0.15, 0.2) is 65.0 Å². The van der Waals surface area contributed by atoms with Gasteiger partial charge in [-0.25, -0.2) is 9.97 Å². The van der Waals surface area contributed by atoms with Crippen molar-refractivity contribution in [3.05, 3.63) is 94.1 Å². The van der Waals surface area contributed by atoms with Crippen molar-refractivity contribution in [2.45, 2.75) is 45.2 Å². The molecular formula is C31H34N8O5S. The second kappa shape index (κ2) is 14.7. The zero-order valence-electron chi connectivity index (χ0n) is 24.9. The summed E-state index contributed by atoms with van der Waals surface area (Å²) in [6.07, 6.45) is 6.74. The summed E-state index contributed by atoms with van der Waals surface area (Å²) in [5.41, 5.74) is 1.78. The number of aromatic nitrogens is 4. The molecule has 0 saturated carbocycles. The molecule has 0 saturated heterocycles. The molecule has 0 fully saturated rings. The lowest BCUT2D eigenvalue weighted by atomic mass is 10.0. The number of nitrogens with zero attached hydrogens (tertiary/aromatic N) is 5. The molecule has 4 bridgehead atoms. The van der Waals surface area contributed by atoms with Gasteiger partial charge < -0.3 is 25.3 Å². The van der Waals surface area contributed by atoms with Crippen molar-refractivity contribution >= 4 is 35.0 Å². The summed E-state index contributed by atoms with van der Waals surface area (Å²) < 4.78 is 5.68. The zero-order valence-corrected chi connectivity index (χ0v) is 25.8. The predicted molar refractivity (Wildman–Crippen MR) is 164 cm³/mol. The largest absolute Gasteiger partial charge is 0.446 e. The number of carbonyl (C=O) groups is 4. The van der Waals surface area contributed by atoms with Gasteiger partial charge in [-0.1, -0.05) is 44.2 Å². The maximum absolute atomic E-state index is 13.4. The zero-order chi connectivity index (χ0) is 31.8. The van der Waals surface area contributed by atoms with Gasteiger partial charge in [0.2, 0.25) is 17.7 Å². The fourth-order valence-electron chi connectivity index (χ4n) is 4.81. The lowest BCUT2D eigenvalue weighted by molar-refractivity contribution is -0.136. The lowest BCUT2D eigenvalue weighted by Crippen LogP contribution is -2.45. The Kier molecular flexibility index (Phi) is 10.2. The maximum Gasteiger partial charge on any atom is 0.273 e. The number of benzene rings is 1. The van der Waals surface area contributed by atoms with Crippen molar-refractivity contribution in [2.24, 2.45) is 5.92 Å². The Hall–Kier alpha value is -4.98. The minimum absolute atomic E-state index is 0.0208. The van der Waals surface area contributed by atoms with Crippen molar-refractivity contribution in [3.63, 3.8) is 0 Å². The van der Waals surface area contributed by atoms with E-state index >= 15 is 0 Å². The summed E-state index contributed by atoms with van der Waals surface area (Å²) in [7, 11) is 0. The molecule has 1 aromatic carbocycles. The number of hydrogen-bond donors (Lipinski definition) is 3. The molecule has 1 aliphatic heterocycles. The quantitative estimate of drug-likeness (QED) is 0.290. The standard InChI is InChI=1S/C31H34N8O5S/c1-19(2)27-31-37-24(18-45-31)29(43)35-22(14-20-6-4-3-5-7-20)30-36-23(17-44-30)28(42)34-12-13-39(16-25(40)38-27)26(41)9-8-21-15-32-10-11-33-21/h3-7,10-11,15,17-19,22,27H,8-9,12-14,16H2,1-2H3,(H,34,42)(H,35,43)(H,38,40)/t22-,27-/m0/s1. The molecule has 0 unspecified atom stereocenters. The smallest absolute Gasteiger partial charge is 0.273 e. The molecule has 14 heteroatoms. The molecule has 13 nitrogen and oxygen atoms in total. The van der Waals surface area contributed by atoms with E-state index in [2.05, 4.69) is 35.9 Å². The van der Waals surface area contributed by atoms with Crippen LogP contribution >= 0.6 is 11.3 Å². The van der Waals surface area contributed by atoms with Gasteiger partial charge in [-0.2, -0.15) is 0 Å². The van der Waals surface area contributed by atoms with E-state index < -0.39 is 23.9 Å². The third kappa shape index (κ3) is 8.35. The fourth-order valence-corrected chi connectivity index (χ4v) is 5.83. The number of oxazole rings is 1. The average molecular weight is 631 g/mol. The molecule has 1 aliphatic rings. The van der Waals surface area contributed by atoms with Crippen molar-refractivity contribution in [3.8, 4) is 0 Å². The second-order valence-corrected chi connectivity index (χ2v) is 11.8. The maximum atomic E-state index is 13.4. The molecule has 3 N–H and O–H groups in total. The van der Waals surface area contributed by atoms with Crippen LogP contribution in [0, 0.1) is 5.92 Å². The Labute approximate surface area is 263 Å². The van der Waals surface area contributed by atoms with Crippen molar-refractivity contribution < 1.29 is 23.6 Å². The summed E-state index contributed by atoms with van der Waals surface area (Å²) in [5, 5.41) is 10.9. The van der Waals surface area contributed by atoms with Gasteiger partial charge >= 0.3 is 0 Å². The van der Waals surface area contributed by atoms with Crippen LogP contribution in [-0.2, 0) is 22.4 Å². The fraction of sp³-hybridized carbons (Fsp3) is 0.355. The summed E-state index contributed by atoms with van der Waals surface area (Å²) in [6.45, 7) is 3.80. The topological polar surface area (TPSA) is 172 Å². The SMILES string of the molecule is CC(C)[C@@H]1NC(=O)CN(C(=O)CCc2cnccn2)CCNC(=O)c2coc(n2)[C@H](Cc2ccccc2)NC(=O)c2csc1n2. The number of amides is 4. The highest BCUT2D eigenvalue weighted by Crippen LogP contribution is 2.26. The molecular weight excluding hydrogens is 596 g/mol. The van der Waals surface area contributed by atoms with Crippen molar-refractivity contribution in [1.29, 1.82) is 0 Å². The number of fused-ring (bicyclic) bond motifs is 4. The summed E-state index contributed by atoms with van der Waals surface area (Å²) in [5.74, 6) is -1.52. The van der Waals surface area contributed by atoms with E-state index in [1.807, 2.05) is 44.2 Å². The highest BCUT2D eigenvalue weighted by Gasteiger charge is 2.28. The van der Waals surface area contributed by atoms with Gasteiger partial charge in [0, 0.05) is 49.9 Å². The van der Waals surface area contributed by atoms with Gasteiger partial charge in [-0.3, -0.25) is 29.1 Å². The molecule has 3 aromatic heterocycles. The van der Waals surface area contributed by atoms with E-state index in [1.54, 1.807) is 24.0 Å². The third-order valence-corrected chi connectivity index (χ3v) is 8.14. The number of carbonyl (C=O) groups excluding carboxylic acids is 4. The highest BCUT2D eigenvalue weighted by molar-refractivity contribution is 7.09. The molecule has 0 aliphatic carbocycles. The van der Waals surface area contributed by atoms with E-state index in [9.17, 15) is 19.2 Å². The van der Waals surface area contributed by atoms with Crippen LogP contribution in [0.5, 0.6) is 0 Å². The molecule has 0 spiro atoms. The highest BCUT2D eigenvalue weighted by atomic mass is 32.1. The van der Waals surface area contributed by atoms with Crippen molar-refractivity contribution in [1.82, 2.24) is 40.8 Å². The molecule has 45 heavy (non-hydrogen) atoms. The first-order valence-electron chi connectivity index (χ1n) is 14.6. The van der Waals surface area contributed by atoms with Crippen LogP contribution in [0.1, 0.15) is 75.5 Å². The number of hydrogen-bond acceptors (Lipinski definition) is 10. The van der Waals surface area contributed by atoms with E-state index in [-0.39, 0.29) is 61.1 Å². The van der Waals surface area contributed by atoms with Gasteiger partial charge in [-0.05, 0) is 17.9 Å². The van der Waals surface area contributed by atoms with E-state index in [4.69, 9.17) is 4.42 Å². The van der Waals surface area contributed by atoms with Crippen LogP contribution in [0.2, 0.25) is 0 Å². The predicted octanol–water partition coefficient (Wildman–Crippen LogP) is 2.65. The van der Waals surface area contributed by atoms with Crippen LogP contribution in [0.4, 0.5) is 0 Å². The van der Waals surface area contributed by atoms with Gasteiger partial charge in [0.1, 0.15) is 23.0 Å². The molecule has 4 heterocycles. The molecule has 4 amide bonds. The summed E-state index contributed by atoms with van der Waals surface area (Å²) >= 11 is 1.26. The molecule has 5 rings (SSSR count). The van der Waals surface area contributed by atoms with Gasteiger partial charge in [0.05, 0.1) is 18.3 Å². The van der Waals surface area contributed by atoms with Crippen LogP contribution in [-0.4, -0.2) is 68.1 Å². The minimum atomic E-state index is -0.687. The first kappa shape index (κ1) is 31.4. The van der Waals surface area contributed by atoms with E-state index in [1.165, 1.54) is 22.5 Å².